The molecule has 0 aliphatic rings. The van der Waals surface area contributed by atoms with Crippen LogP contribution in [0.4, 0.5) is 0 Å². The molecule has 1 aromatic rings. The van der Waals surface area contributed by atoms with Crippen LogP contribution < -0.4 is 0 Å². The molecule has 0 unspecified atom stereocenters. The summed E-state index contributed by atoms with van der Waals surface area (Å²) in [5, 5.41) is 0. The largest absolute Gasteiger partial charge is 0.128 e. The number of benzene rings is 1. The van der Waals surface area contributed by atoms with Crippen LogP contribution in [0.3, 0.4) is 0 Å². The molecule has 0 fully saturated rings. The first-order valence-electron chi connectivity index (χ1n) is 4.76. The number of hydrogen-bond acceptors (Lipinski definition) is 0. The van der Waals surface area contributed by atoms with Crippen molar-refractivity contribution in [1.82, 2.24) is 0 Å². The van der Waals surface area contributed by atoms with E-state index < -0.39 is 0 Å². The Morgan fingerprint density at radius 2 is 1.93 bits per heavy atom. The summed E-state index contributed by atoms with van der Waals surface area (Å²) >= 11 is 0. The monoisotopic (exact) mass is 184 g/mol. The molecular weight excluding hydrogens is 168 g/mol. The predicted octanol–water partition coefficient (Wildman–Crippen LogP) is 4.13. The van der Waals surface area contributed by atoms with Crippen molar-refractivity contribution >= 4 is 5.57 Å². The molecule has 0 spiro atoms. The molecule has 0 aliphatic carbocycles. The highest BCUT2D eigenvalue weighted by atomic mass is 14.1. The fourth-order valence-corrected chi connectivity index (χ4v) is 1.47. The molecule has 0 amide bonds. The molecule has 0 bridgehead atoms. The molecule has 0 saturated heterocycles. The number of allylic oxidation sites excluding steroid dienone is 3. The van der Waals surface area contributed by atoms with Crippen LogP contribution in [0.15, 0.2) is 48.2 Å². The third-order valence-corrected chi connectivity index (χ3v) is 2.22. The summed E-state index contributed by atoms with van der Waals surface area (Å²) in [6, 6.07) is 8.36. The van der Waals surface area contributed by atoms with Crippen LogP contribution in [0.25, 0.3) is 5.57 Å². The van der Waals surface area contributed by atoms with Crippen molar-refractivity contribution in [2.75, 3.05) is 0 Å². The number of rotatable bonds is 2. The Kier molecular flexibility index (Phi) is 3.50. The molecule has 72 valence electrons. The van der Waals surface area contributed by atoms with Gasteiger partial charge in [0.1, 0.15) is 0 Å². The van der Waals surface area contributed by atoms with Gasteiger partial charge in [0.05, 0.1) is 0 Å². The van der Waals surface area contributed by atoms with Crippen molar-refractivity contribution < 1.29 is 0 Å². The van der Waals surface area contributed by atoms with Crippen molar-refractivity contribution in [3.63, 3.8) is 0 Å². The summed E-state index contributed by atoms with van der Waals surface area (Å²) < 4.78 is 0. The van der Waals surface area contributed by atoms with E-state index in [9.17, 15) is 0 Å². The van der Waals surface area contributed by atoms with E-state index in [0.29, 0.717) is 0 Å². The minimum atomic E-state index is 1.22. The third-order valence-electron chi connectivity index (χ3n) is 2.22. The molecule has 1 rings (SSSR count). The number of hydrogen-bond donors (Lipinski definition) is 0. The second-order valence-electron chi connectivity index (χ2n) is 3.58. The van der Waals surface area contributed by atoms with E-state index in [0.717, 1.165) is 0 Å². The van der Waals surface area contributed by atoms with Crippen LogP contribution in [0.1, 0.15) is 25.0 Å². The maximum Gasteiger partial charge on any atom is -0.0118 e. The van der Waals surface area contributed by atoms with Gasteiger partial charge in [-0.1, -0.05) is 36.4 Å². The maximum atomic E-state index is 3.62. The molecule has 14 heavy (non-hydrogen) atoms. The summed E-state index contributed by atoms with van der Waals surface area (Å²) in [5.41, 5.74) is 7.90. The van der Waals surface area contributed by atoms with Crippen molar-refractivity contribution in [3.8, 4) is 0 Å². The van der Waals surface area contributed by atoms with Crippen LogP contribution in [-0.2, 0) is 0 Å². The van der Waals surface area contributed by atoms with Gasteiger partial charge in [-0.05, 0) is 43.5 Å². The summed E-state index contributed by atoms with van der Waals surface area (Å²) in [4.78, 5) is 0. The summed E-state index contributed by atoms with van der Waals surface area (Å²) in [6.45, 7) is 9.96. The minimum Gasteiger partial charge on any atom is -0.128 e. The Labute approximate surface area is 86.3 Å². The molecular formula is C14H16. The minimum absolute atomic E-state index is 1.22. The number of aryl methyl sites for hydroxylation is 1. The molecule has 0 saturated carbocycles. The fourth-order valence-electron chi connectivity index (χ4n) is 1.47. The zero-order valence-electron chi connectivity index (χ0n) is 9.09. The van der Waals surface area contributed by atoms with Gasteiger partial charge >= 0.3 is 0 Å². The molecule has 0 aliphatic heterocycles. The third kappa shape index (κ3) is 2.25. The zero-order chi connectivity index (χ0) is 10.6. The molecule has 0 aromatic heterocycles. The van der Waals surface area contributed by atoms with Crippen LogP contribution in [0, 0.1) is 6.92 Å². The van der Waals surface area contributed by atoms with Gasteiger partial charge in [-0.25, -0.2) is 0 Å². The maximum absolute atomic E-state index is 3.62. The van der Waals surface area contributed by atoms with Crippen LogP contribution >= 0.6 is 0 Å². The Hall–Kier alpha value is -1.52. The fraction of sp³-hybridized carbons (Fsp3) is 0.214. The lowest BCUT2D eigenvalue weighted by atomic mass is 9.97. The normalized spacial score (nSPS) is 9.07. The van der Waals surface area contributed by atoms with E-state index in [1.54, 1.807) is 0 Å². The zero-order valence-corrected chi connectivity index (χ0v) is 9.09. The highest BCUT2D eigenvalue weighted by molar-refractivity contribution is 5.77. The average Bonchev–Trinajstić information content (AvgIpc) is 2.15. The van der Waals surface area contributed by atoms with Gasteiger partial charge < -0.3 is 0 Å². The second kappa shape index (κ2) is 4.64. The lowest BCUT2D eigenvalue weighted by Crippen LogP contribution is -1.87. The molecule has 0 heteroatoms. The summed E-state index contributed by atoms with van der Waals surface area (Å²) in [7, 11) is 0. The van der Waals surface area contributed by atoms with Crippen LogP contribution in [0.5, 0.6) is 0 Å². The molecule has 0 radical (unpaired) electrons. The topological polar surface area (TPSA) is 0 Å². The molecule has 0 atom stereocenters. The average molecular weight is 184 g/mol. The SMILES string of the molecule is C=C=CC(=C(C)C)c1ccccc1C. The van der Waals surface area contributed by atoms with Crippen LogP contribution in [0.2, 0.25) is 0 Å². The quantitative estimate of drug-likeness (QED) is 0.479. The molecule has 0 nitrogen and oxygen atoms in total. The lowest BCUT2D eigenvalue weighted by Gasteiger charge is -2.07. The van der Waals surface area contributed by atoms with E-state index in [2.05, 4.69) is 57.3 Å². The van der Waals surface area contributed by atoms with Gasteiger partial charge in [-0.2, -0.15) is 0 Å². The Morgan fingerprint density at radius 3 is 2.43 bits per heavy atom. The van der Waals surface area contributed by atoms with Gasteiger partial charge in [-0.3, -0.25) is 0 Å². The Balaban J connectivity index is 3.34. The van der Waals surface area contributed by atoms with E-state index in [1.807, 2.05) is 6.08 Å². The summed E-state index contributed by atoms with van der Waals surface area (Å²) in [5.74, 6) is 0. The van der Waals surface area contributed by atoms with Crippen molar-refractivity contribution in [3.05, 3.63) is 59.4 Å². The van der Waals surface area contributed by atoms with Crippen molar-refractivity contribution in [2.24, 2.45) is 0 Å². The van der Waals surface area contributed by atoms with Crippen molar-refractivity contribution in [2.45, 2.75) is 20.8 Å². The first-order chi connectivity index (χ1) is 6.66. The lowest BCUT2D eigenvalue weighted by molar-refractivity contribution is 1.36. The smallest absolute Gasteiger partial charge is 0.0118 e. The van der Waals surface area contributed by atoms with E-state index in [4.69, 9.17) is 0 Å². The van der Waals surface area contributed by atoms with Gasteiger partial charge in [0.25, 0.3) is 0 Å². The van der Waals surface area contributed by atoms with Gasteiger partial charge in [0, 0.05) is 0 Å². The highest BCUT2D eigenvalue weighted by Gasteiger charge is 2.02. The predicted molar refractivity (Wildman–Crippen MR) is 63.2 cm³/mol. The van der Waals surface area contributed by atoms with Crippen molar-refractivity contribution in [1.29, 1.82) is 0 Å². The Morgan fingerprint density at radius 1 is 1.29 bits per heavy atom. The van der Waals surface area contributed by atoms with E-state index in [-0.39, 0.29) is 0 Å². The molecule has 0 N–H and O–H groups in total. The highest BCUT2D eigenvalue weighted by Crippen LogP contribution is 2.22. The Bertz CT molecular complexity index is 398. The van der Waals surface area contributed by atoms with Gasteiger partial charge in [0.15, 0.2) is 0 Å². The molecule has 0 heterocycles. The van der Waals surface area contributed by atoms with Gasteiger partial charge in [0.2, 0.25) is 0 Å². The first kappa shape index (κ1) is 10.6. The second-order valence-corrected chi connectivity index (χ2v) is 3.58. The standard InChI is InChI=1S/C14H16/c1-5-8-13(11(2)3)14-10-7-6-9-12(14)4/h6-10H,1H2,2-4H3. The first-order valence-corrected chi connectivity index (χ1v) is 4.76. The van der Waals surface area contributed by atoms with Crippen LogP contribution in [-0.4, -0.2) is 0 Å². The van der Waals surface area contributed by atoms with Gasteiger partial charge in [-0.15, -0.1) is 5.73 Å². The summed E-state index contributed by atoms with van der Waals surface area (Å²) in [6.07, 6.45) is 1.94. The molecule has 1 aromatic carbocycles. The van der Waals surface area contributed by atoms with E-state index in [1.165, 1.54) is 22.3 Å². The van der Waals surface area contributed by atoms with E-state index >= 15 is 0 Å².